The molecule has 0 bridgehead atoms. The molecular weight excluding hydrogens is 436 g/mol. The quantitative estimate of drug-likeness (QED) is 0.352. The summed E-state index contributed by atoms with van der Waals surface area (Å²) >= 11 is 6.15. The number of hydroxylamine groups is 1. The predicted octanol–water partition coefficient (Wildman–Crippen LogP) is 3.38. The topological polar surface area (TPSA) is 63.0 Å². The largest absolute Gasteiger partial charge is 0.361 e. The Labute approximate surface area is 201 Å². The zero-order valence-electron chi connectivity index (χ0n) is 19.0. The van der Waals surface area contributed by atoms with Crippen molar-refractivity contribution in [3.63, 3.8) is 0 Å². The highest BCUT2D eigenvalue weighted by Gasteiger charge is 2.30. The first-order valence-electron chi connectivity index (χ1n) is 11.7. The third-order valence-electron chi connectivity index (χ3n) is 6.34. The van der Waals surface area contributed by atoms with Gasteiger partial charge in [0.1, 0.15) is 6.10 Å². The minimum atomic E-state index is 0.0439. The van der Waals surface area contributed by atoms with E-state index in [1.54, 1.807) is 0 Å². The van der Waals surface area contributed by atoms with E-state index in [0.717, 1.165) is 50.6 Å². The third-order valence-corrected chi connectivity index (χ3v) is 6.59. The number of hydrogen-bond donors (Lipinski definition) is 2. The van der Waals surface area contributed by atoms with Gasteiger partial charge in [-0.05, 0) is 36.1 Å². The van der Waals surface area contributed by atoms with E-state index in [1.807, 2.05) is 12.1 Å². The van der Waals surface area contributed by atoms with E-state index < -0.39 is 0 Å². The Morgan fingerprint density at radius 2 is 1.76 bits per heavy atom. The SMILES string of the molecule is NONCCC#C[C@@H]1CC[C@@H](CN2CCN([C@H](c3ccccc3)c3ccc(Cl)cc3)CC2)O1. The normalized spacial score (nSPS) is 22.6. The molecule has 3 N–H and O–H groups in total. The molecule has 0 radical (unpaired) electrons. The Morgan fingerprint density at radius 3 is 2.48 bits per heavy atom. The van der Waals surface area contributed by atoms with Crippen LogP contribution in [-0.4, -0.2) is 61.3 Å². The highest BCUT2D eigenvalue weighted by Crippen LogP contribution is 2.30. The van der Waals surface area contributed by atoms with Gasteiger partial charge in [0.2, 0.25) is 0 Å². The number of nitrogens with two attached hydrogens (primary N) is 1. The Bertz CT molecular complexity index is 907. The summed E-state index contributed by atoms with van der Waals surface area (Å²) in [4.78, 5) is 9.44. The van der Waals surface area contributed by atoms with Gasteiger partial charge < -0.3 is 4.74 Å². The Morgan fingerprint density at radius 1 is 1.03 bits per heavy atom. The van der Waals surface area contributed by atoms with Gasteiger partial charge in [0, 0.05) is 50.7 Å². The lowest BCUT2D eigenvalue weighted by atomic mass is 9.96. The number of piperazine rings is 1. The molecule has 0 saturated carbocycles. The molecule has 0 amide bonds. The maximum atomic E-state index is 6.18. The Hall–Kier alpha value is -1.95. The van der Waals surface area contributed by atoms with Crippen molar-refractivity contribution < 1.29 is 9.68 Å². The molecule has 7 heteroatoms. The van der Waals surface area contributed by atoms with Crippen LogP contribution in [0.25, 0.3) is 0 Å². The smallest absolute Gasteiger partial charge is 0.118 e. The molecule has 2 fully saturated rings. The van der Waals surface area contributed by atoms with Crippen molar-refractivity contribution in [1.82, 2.24) is 15.3 Å². The summed E-state index contributed by atoms with van der Waals surface area (Å²) < 4.78 is 6.18. The summed E-state index contributed by atoms with van der Waals surface area (Å²) in [5.74, 6) is 11.3. The number of halogens is 1. The second kappa shape index (κ2) is 12.5. The molecule has 33 heavy (non-hydrogen) atoms. The first kappa shape index (κ1) is 24.2. The van der Waals surface area contributed by atoms with E-state index >= 15 is 0 Å². The van der Waals surface area contributed by atoms with Crippen LogP contribution < -0.4 is 11.4 Å². The number of nitrogens with one attached hydrogen (secondary N) is 1. The molecule has 2 aliphatic rings. The molecule has 0 aromatic heterocycles. The van der Waals surface area contributed by atoms with Gasteiger partial charge in [0.05, 0.1) is 12.1 Å². The molecule has 4 rings (SSSR count). The molecule has 3 atom stereocenters. The molecule has 0 unspecified atom stereocenters. The van der Waals surface area contributed by atoms with Crippen LogP contribution in [0.2, 0.25) is 5.02 Å². The first-order chi connectivity index (χ1) is 16.2. The zero-order valence-corrected chi connectivity index (χ0v) is 19.7. The van der Waals surface area contributed by atoms with Crippen LogP contribution in [0.1, 0.15) is 36.4 Å². The van der Waals surface area contributed by atoms with E-state index in [9.17, 15) is 0 Å². The fraction of sp³-hybridized carbons (Fsp3) is 0.462. The van der Waals surface area contributed by atoms with Gasteiger partial charge in [0.25, 0.3) is 0 Å². The maximum Gasteiger partial charge on any atom is 0.118 e. The van der Waals surface area contributed by atoms with E-state index in [2.05, 4.69) is 74.5 Å². The number of rotatable bonds is 8. The first-order valence-corrected chi connectivity index (χ1v) is 12.1. The molecule has 0 spiro atoms. The summed E-state index contributed by atoms with van der Waals surface area (Å²) in [7, 11) is 0. The molecular formula is C26H33ClN4O2. The monoisotopic (exact) mass is 468 g/mol. The molecule has 2 saturated heterocycles. The lowest BCUT2D eigenvalue weighted by molar-refractivity contribution is 0.0273. The van der Waals surface area contributed by atoms with Crippen molar-refractivity contribution in [2.24, 2.45) is 5.90 Å². The third kappa shape index (κ3) is 7.02. The van der Waals surface area contributed by atoms with Crippen molar-refractivity contribution in [3.05, 3.63) is 70.7 Å². The molecule has 2 aromatic carbocycles. The van der Waals surface area contributed by atoms with Gasteiger partial charge in [-0.3, -0.25) is 9.80 Å². The lowest BCUT2D eigenvalue weighted by Gasteiger charge is -2.40. The van der Waals surface area contributed by atoms with E-state index in [-0.39, 0.29) is 18.2 Å². The van der Waals surface area contributed by atoms with Gasteiger partial charge in [0.15, 0.2) is 0 Å². The number of benzene rings is 2. The van der Waals surface area contributed by atoms with Gasteiger partial charge >= 0.3 is 0 Å². The summed E-state index contributed by atoms with van der Waals surface area (Å²) in [6.07, 6.45) is 3.08. The minimum absolute atomic E-state index is 0.0439. The average molecular weight is 469 g/mol. The van der Waals surface area contributed by atoms with Crippen molar-refractivity contribution >= 4 is 11.6 Å². The molecule has 2 aromatic rings. The fourth-order valence-electron chi connectivity index (χ4n) is 4.69. The summed E-state index contributed by atoms with van der Waals surface area (Å²) in [6.45, 7) is 5.72. The van der Waals surface area contributed by atoms with Gasteiger partial charge in [-0.1, -0.05) is 65.9 Å². The number of hydrogen-bond acceptors (Lipinski definition) is 6. The second-order valence-corrected chi connectivity index (χ2v) is 9.05. The van der Waals surface area contributed by atoms with Crippen molar-refractivity contribution in [2.45, 2.75) is 37.5 Å². The molecule has 176 valence electrons. The lowest BCUT2D eigenvalue weighted by Crippen LogP contribution is -2.49. The van der Waals surface area contributed by atoms with E-state index in [4.69, 9.17) is 22.2 Å². The van der Waals surface area contributed by atoms with Crippen LogP contribution in [0, 0.1) is 11.8 Å². The number of ether oxygens (including phenoxy) is 1. The van der Waals surface area contributed by atoms with Crippen LogP contribution in [0.4, 0.5) is 0 Å². The molecule has 2 heterocycles. The number of nitrogens with zero attached hydrogens (tertiary/aromatic N) is 2. The molecule has 0 aliphatic carbocycles. The van der Waals surface area contributed by atoms with Gasteiger partial charge in [-0.25, -0.2) is 4.94 Å². The van der Waals surface area contributed by atoms with Crippen molar-refractivity contribution in [2.75, 3.05) is 39.3 Å². The minimum Gasteiger partial charge on any atom is -0.361 e. The molecule has 2 aliphatic heterocycles. The predicted molar refractivity (Wildman–Crippen MR) is 131 cm³/mol. The van der Waals surface area contributed by atoms with Crippen LogP contribution in [-0.2, 0) is 9.68 Å². The van der Waals surface area contributed by atoms with Crippen molar-refractivity contribution in [1.29, 1.82) is 0 Å². The van der Waals surface area contributed by atoms with Crippen LogP contribution in [0.3, 0.4) is 0 Å². The zero-order chi connectivity index (χ0) is 22.9. The maximum absolute atomic E-state index is 6.18. The van der Waals surface area contributed by atoms with E-state index in [1.165, 1.54) is 11.1 Å². The average Bonchev–Trinajstić information content (AvgIpc) is 3.29. The summed E-state index contributed by atoms with van der Waals surface area (Å²) in [5.41, 5.74) is 5.20. The summed E-state index contributed by atoms with van der Waals surface area (Å²) in [6, 6.07) is 19.3. The standard InChI is InChI=1S/C26H33ClN4O2/c27-23-11-9-22(10-12-23)26(21-6-2-1-3-7-21)31-18-16-30(17-19-31)20-25-14-13-24(32-25)8-4-5-15-29-33-28/h1-3,6-7,9-12,24-26,29H,5,13-20,28H2/t24-,25+,26-/m1/s1. The van der Waals surface area contributed by atoms with Crippen LogP contribution in [0.15, 0.2) is 54.6 Å². The molecule has 6 nitrogen and oxygen atoms in total. The summed E-state index contributed by atoms with van der Waals surface area (Å²) in [5, 5.41) is 0.774. The van der Waals surface area contributed by atoms with Crippen molar-refractivity contribution in [3.8, 4) is 11.8 Å². The van der Waals surface area contributed by atoms with Gasteiger partial charge in [-0.15, -0.1) is 0 Å². The second-order valence-electron chi connectivity index (χ2n) is 8.61. The fourth-order valence-corrected chi connectivity index (χ4v) is 4.82. The Kier molecular flexibility index (Phi) is 9.16. The van der Waals surface area contributed by atoms with Gasteiger partial charge in [-0.2, -0.15) is 11.4 Å². The highest BCUT2D eigenvalue weighted by molar-refractivity contribution is 6.30. The van der Waals surface area contributed by atoms with Crippen LogP contribution in [0.5, 0.6) is 0 Å². The highest BCUT2D eigenvalue weighted by atomic mass is 35.5. The van der Waals surface area contributed by atoms with Crippen LogP contribution >= 0.6 is 11.6 Å². The Balaban J connectivity index is 1.30. The van der Waals surface area contributed by atoms with E-state index in [0.29, 0.717) is 13.0 Å².